The molecule has 0 atom stereocenters. The molecule has 0 saturated carbocycles. The molecule has 1 aromatic heterocycles. The number of benzene rings is 1. The summed E-state index contributed by atoms with van der Waals surface area (Å²) in [7, 11) is 1.80. The molecule has 3 N–H and O–H groups in total. The maximum atomic E-state index is 11.3. The number of amides is 1. The highest BCUT2D eigenvalue weighted by Gasteiger charge is 2.08. The smallest absolute Gasteiger partial charge is 0.252 e. The van der Waals surface area contributed by atoms with E-state index in [0.717, 1.165) is 11.5 Å². The monoisotopic (exact) mass is 257 g/mol. The average Bonchev–Trinajstić information content (AvgIpc) is 2.45. The second-order valence-electron chi connectivity index (χ2n) is 3.91. The minimum absolute atomic E-state index is 0.278. The highest BCUT2D eigenvalue weighted by molar-refractivity contribution is 5.95. The SMILES string of the molecule is CNc1cccc(COc2ccccc2C(N)=O)n1. The second-order valence-corrected chi connectivity index (χ2v) is 3.91. The third-order valence-corrected chi connectivity index (χ3v) is 2.59. The summed E-state index contributed by atoms with van der Waals surface area (Å²) in [6.07, 6.45) is 0. The van der Waals surface area contributed by atoms with Crippen LogP contribution in [0.4, 0.5) is 5.82 Å². The minimum atomic E-state index is -0.507. The number of nitrogens with one attached hydrogen (secondary N) is 1. The topological polar surface area (TPSA) is 77.2 Å². The summed E-state index contributed by atoms with van der Waals surface area (Å²) < 4.78 is 5.59. The normalized spacial score (nSPS) is 9.95. The fourth-order valence-corrected chi connectivity index (χ4v) is 1.65. The van der Waals surface area contributed by atoms with Crippen molar-refractivity contribution in [3.8, 4) is 5.75 Å². The molecule has 5 heteroatoms. The first-order chi connectivity index (χ1) is 9.20. The Morgan fingerprint density at radius 3 is 2.79 bits per heavy atom. The lowest BCUT2D eigenvalue weighted by Gasteiger charge is -2.09. The standard InChI is InChI=1S/C14H15N3O2/c1-16-13-8-4-5-10(17-13)9-19-12-7-3-2-6-11(12)14(15)18/h2-8H,9H2,1H3,(H2,15,18)(H,16,17). The van der Waals surface area contributed by atoms with Gasteiger partial charge in [0.2, 0.25) is 0 Å². The summed E-state index contributed by atoms with van der Waals surface area (Å²) >= 11 is 0. The number of carbonyl (C=O) groups excluding carboxylic acids is 1. The van der Waals surface area contributed by atoms with E-state index >= 15 is 0 Å². The third kappa shape index (κ3) is 3.22. The van der Waals surface area contributed by atoms with Crippen LogP contribution in [0, 0.1) is 0 Å². The number of aromatic nitrogens is 1. The summed E-state index contributed by atoms with van der Waals surface area (Å²) in [4.78, 5) is 15.6. The van der Waals surface area contributed by atoms with Gasteiger partial charge in [-0.15, -0.1) is 0 Å². The van der Waals surface area contributed by atoms with E-state index in [2.05, 4.69) is 10.3 Å². The van der Waals surface area contributed by atoms with E-state index < -0.39 is 5.91 Å². The van der Waals surface area contributed by atoms with Crippen molar-refractivity contribution in [3.05, 3.63) is 53.7 Å². The molecule has 98 valence electrons. The lowest BCUT2D eigenvalue weighted by atomic mass is 10.2. The predicted molar refractivity (Wildman–Crippen MR) is 73.1 cm³/mol. The fraction of sp³-hybridized carbons (Fsp3) is 0.143. The molecular formula is C14H15N3O2. The lowest BCUT2D eigenvalue weighted by Crippen LogP contribution is -2.13. The van der Waals surface area contributed by atoms with Crippen LogP contribution in [0.3, 0.4) is 0 Å². The number of nitrogens with zero attached hydrogens (tertiary/aromatic N) is 1. The van der Waals surface area contributed by atoms with Gasteiger partial charge in [-0.2, -0.15) is 0 Å². The number of carbonyl (C=O) groups is 1. The van der Waals surface area contributed by atoms with Gasteiger partial charge < -0.3 is 15.8 Å². The average molecular weight is 257 g/mol. The first-order valence-electron chi connectivity index (χ1n) is 5.86. The summed E-state index contributed by atoms with van der Waals surface area (Å²) in [6, 6.07) is 12.5. The van der Waals surface area contributed by atoms with E-state index in [1.165, 1.54) is 0 Å². The van der Waals surface area contributed by atoms with Crippen molar-refractivity contribution < 1.29 is 9.53 Å². The zero-order chi connectivity index (χ0) is 13.7. The molecular weight excluding hydrogens is 242 g/mol. The van der Waals surface area contributed by atoms with Gasteiger partial charge in [-0.1, -0.05) is 18.2 Å². The van der Waals surface area contributed by atoms with Crippen LogP contribution in [0.15, 0.2) is 42.5 Å². The van der Waals surface area contributed by atoms with Crippen molar-refractivity contribution in [1.29, 1.82) is 0 Å². The van der Waals surface area contributed by atoms with Crippen molar-refractivity contribution >= 4 is 11.7 Å². The van der Waals surface area contributed by atoms with Gasteiger partial charge in [0.25, 0.3) is 5.91 Å². The second kappa shape index (κ2) is 5.86. The molecule has 0 unspecified atom stereocenters. The Bertz CT molecular complexity index is 584. The molecule has 1 aromatic carbocycles. The van der Waals surface area contributed by atoms with Crippen molar-refractivity contribution in [1.82, 2.24) is 4.98 Å². The van der Waals surface area contributed by atoms with Gasteiger partial charge in [0.1, 0.15) is 18.2 Å². The number of nitrogens with two attached hydrogens (primary N) is 1. The first kappa shape index (κ1) is 12.9. The van der Waals surface area contributed by atoms with E-state index in [-0.39, 0.29) is 6.61 Å². The van der Waals surface area contributed by atoms with Gasteiger partial charge in [0.15, 0.2) is 0 Å². The third-order valence-electron chi connectivity index (χ3n) is 2.59. The number of para-hydroxylation sites is 1. The lowest BCUT2D eigenvalue weighted by molar-refractivity contribution is 0.0996. The van der Waals surface area contributed by atoms with E-state index in [1.54, 1.807) is 31.3 Å². The maximum Gasteiger partial charge on any atom is 0.252 e. The number of anilines is 1. The van der Waals surface area contributed by atoms with Crippen LogP contribution < -0.4 is 15.8 Å². The van der Waals surface area contributed by atoms with Crippen LogP contribution in [0.2, 0.25) is 0 Å². The van der Waals surface area contributed by atoms with Gasteiger partial charge in [0, 0.05) is 7.05 Å². The highest BCUT2D eigenvalue weighted by atomic mass is 16.5. The molecule has 0 bridgehead atoms. The number of rotatable bonds is 5. The summed E-state index contributed by atoms with van der Waals surface area (Å²) in [5.41, 5.74) is 6.42. The molecule has 19 heavy (non-hydrogen) atoms. The van der Waals surface area contributed by atoms with E-state index in [1.807, 2.05) is 18.2 Å². The van der Waals surface area contributed by atoms with Crippen molar-refractivity contribution in [3.63, 3.8) is 0 Å². The van der Waals surface area contributed by atoms with Crippen LogP contribution in [0.1, 0.15) is 16.1 Å². The molecule has 2 rings (SSSR count). The van der Waals surface area contributed by atoms with Crippen molar-refractivity contribution in [2.45, 2.75) is 6.61 Å². The Morgan fingerprint density at radius 1 is 1.26 bits per heavy atom. The van der Waals surface area contributed by atoms with E-state index in [0.29, 0.717) is 11.3 Å². The van der Waals surface area contributed by atoms with Crippen LogP contribution in [-0.2, 0) is 6.61 Å². The number of ether oxygens (including phenoxy) is 1. The van der Waals surface area contributed by atoms with Gasteiger partial charge in [-0.05, 0) is 24.3 Å². The van der Waals surface area contributed by atoms with Crippen molar-refractivity contribution in [2.24, 2.45) is 5.73 Å². The molecule has 2 aromatic rings. The first-order valence-corrected chi connectivity index (χ1v) is 5.86. The Morgan fingerprint density at radius 2 is 2.05 bits per heavy atom. The number of hydrogen-bond donors (Lipinski definition) is 2. The highest BCUT2D eigenvalue weighted by Crippen LogP contribution is 2.18. The van der Waals surface area contributed by atoms with E-state index in [9.17, 15) is 4.79 Å². The molecule has 0 fully saturated rings. The van der Waals surface area contributed by atoms with Crippen LogP contribution in [-0.4, -0.2) is 17.9 Å². The minimum Gasteiger partial charge on any atom is -0.486 e. The molecule has 0 aliphatic heterocycles. The van der Waals surface area contributed by atoms with Crippen LogP contribution >= 0.6 is 0 Å². The summed E-state index contributed by atoms with van der Waals surface area (Å²) in [5.74, 6) is 0.725. The van der Waals surface area contributed by atoms with Gasteiger partial charge in [-0.3, -0.25) is 4.79 Å². The number of pyridine rings is 1. The quantitative estimate of drug-likeness (QED) is 0.856. The van der Waals surface area contributed by atoms with E-state index in [4.69, 9.17) is 10.5 Å². The Hall–Kier alpha value is -2.56. The van der Waals surface area contributed by atoms with Crippen LogP contribution in [0.5, 0.6) is 5.75 Å². The Kier molecular flexibility index (Phi) is 3.97. The number of hydrogen-bond acceptors (Lipinski definition) is 4. The van der Waals surface area contributed by atoms with Gasteiger partial charge in [-0.25, -0.2) is 4.98 Å². The molecule has 0 spiro atoms. The molecule has 1 amide bonds. The van der Waals surface area contributed by atoms with Gasteiger partial charge >= 0.3 is 0 Å². The maximum absolute atomic E-state index is 11.3. The molecule has 5 nitrogen and oxygen atoms in total. The molecule has 0 aliphatic carbocycles. The molecule has 0 saturated heterocycles. The largest absolute Gasteiger partial charge is 0.486 e. The zero-order valence-corrected chi connectivity index (χ0v) is 10.6. The Labute approximate surface area is 111 Å². The fourth-order valence-electron chi connectivity index (χ4n) is 1.65. The van der Waals surface area contributed by atoms with Gasteiger partial charge in [0.05, 0.1) is 11.3 Å². The molecule has 0 radical (unpaired) electrons. The summed E-state index contributed by atoms with van der Waals surface area (Å²) in [6.45, 7) is 0.278. The zero-order valence-electron chi connectivity index (χ0n) is 10.6. The molecule has 1 heterocycles. The van der Waals surface area contributed by atoms with Crippen LogP contribution in [0.25, 0.3) is 0 Å². The predicted octanol–water partition coefficient (Wildman–Crippen LogP) is 1.80. The van der Waals surface area contributed by atoms with Crippen molar-refractivity contribution in [2.75, 3.05) is 12.4 Å². The Balaban J connectivity index is 2.12. The summed E-state index contributed by atoms with van der Waals surface area (Å²) in [5, 5.41) is 2.95. The molecule has 0 aliphatic rings. The number of primary amides is 1.